The fourth-order valence-corrected chi connectivity index (χ4v) is 1.79. The molecular weight excluding hydrogens is 198 g/mol. The van der Waals surface area contributed by atoms with E-state index in [9.17, 15) is 0 Å². The molecule has 0 atom stereocenters. The number of aromatic nitrogens is 1. The minimum absolute atomic E-state index is 0.506. The van der Waals surface area contributed by atoms with Crippen LogP contribution in [-0.2, 0) is 0 Å². The van der Waals surface area contributed by atoms with Gasteiger partial charge in [-0.05, 0) is 37.1 Å². The standard InChI is InChI=1S/C13H13N3/c14-13(9-6-7-9)16-12-5-1-4-11-10(12)3-2-8-15-11/h1-5,8-9H,6-7H2,(H2,14,16). The first kappa shape index (κ1) is 9.33. The van der Waals surface area contributed by atoms with Crippen molar-refractivity contribution in [2.75, 3.05) is 0 Å². The second kappa shape index (κ2) is 3.59. The molecule has 1 fully saturated rings. The normalized spacial score (nSPS) is 16.6. The third kappa shape index (κ3) is 1.65. The first-order chi connectivity index (χ1) is 7.84. The first-order valence-electron chi connectivity index (χ1n) is 5.52. The summed E-state index contributed by atoms with van der Waals surface area (Å²) in [5, 5.41) is 1.06. The van der Waals surface area contributed by atoms with Gasteiger partial charge in [-0.3, -0.25) is 4.98 Å². The van der Waals surface area contributed by atoms with Crippen molar-refractivity contribution >= 4 is 22.4 Å². The molecule has 3 rings (SSSR count). The number of nitrogens with two attached hydrogens (primary N) is 1. The molecule has 2 aromatic rings. The lowest BCUT2D eigenvalue weighted by molar-refractivity contribution is 1.16. The summed E-state index contributed by atoms with van der Waals surface area (Å²) in [4.78, 5) is 8.80. The summed E-state index contributed by atoms with van der Waals surface area (Å²) in [6.07, 6.45) is 4.15. The van der Waals surface area contributed by atoms with E-state index < -0.39 is 0 Å². The number of hydrogen-bond acceptors (Lipinski definition) is 2. The fourth-order valence-electron chi connectivity index (χ4n) is 1.79. The van der Waals surface area contributed by atoms with Gasteiger partial charge in [-0.1, -0.05) is 6.07 Å². The van der Waals surface area contributed by atoms with E-state index in [0.29, 0.717) is 5.92 Å². The van der Waals surface area contributed by atoms with Crippen molar-refractivity contribution in [3.05, 3.63) is 36.5 Å². The average Bonchev–Trinajstić information content (AvgIpc) is 3.13. The summed E-state index contributed by atoms with van der Waals surface area (Å²) in [7, 11) is 0. The predicted octanol–water partition coefficient (Wildman–Crippen LogP) is 2.63. The van der Waals surface area contributed by atoms with E-state index in [1.165, 1.54) is 12.8 Å². The van der Waals surface area contributed by atoms with E-state index in [1.807, 2.05) is 30.3 Å². The van der Waals surface area contributed by atoms with Crippen LogP contribution in [0.1, 0.15) is 12.8 Å². The van der Waals surface area contributed by atoms with Crippen LogP contribution in [0.4, 0.5) is 5.69 Å². The molecule has 0 amide bonds. The van der Waals surface area contributed by atoms with Crippen LogP contribution in [0.5, 0.6) is 0 Å². The molecule has 80 valence electrons. The molecule has 0 spiro atoms. The van der Waals surface area contributed by atoms with Crippen molar-refractivity contribution in [2.24, 2.45) is 16.6 Å². The van der Waals surface area contributed by atoms with Gasteiger partial charge in [-0.15, -0.1) is 0 Å². The number of aliphatic imine (C=N–C) groups is 1. The van der Waals surface area contributed by atoms with E-state index in [0.717, 1.165) is 22.4 Å². The summed E-state index contributed by atoms with van der Waals surface area (Å²) in [6.45, 7) is 0. The van der Waals surface area contributed by atoms with E-state index in [-0.39, 0.29) is 0 Å². The van der Waals surface area contributed by atoms with E-state index in [1.54, 1.807) is 6.20 Å². The van der Waals surface area contributed by atoms with Crippen LogP contribution in [0.25, 0.3) is 10.9 Å². The molecule has 1 aromatic heterocycles. The minimum atomic E-state index is 0.506. The van der Waals surface area contributed by atoms with Crippen molar-refractivity contribution in [3.63, 3.8) is 0 Å². The Kier molecular flexibility index (Phi) is 2.10. The minimum Gasteiger partial charge on any atom is -0.387 e. The van der Waals surface area contributed by atoms with Crippen LogP contribution in [0.15, 0.2) is 41.5 Å². The third-order valence-corrected chi connectivity index (χ3v) is 2.87. The number of nitrogens with zero attached hydrogens (tertiary/aromatic N) is 2. The number of fused-ring (bicyclic) bond motifs is 1. The second-order valence-corrected chi connectivity index (χ2v) is 4.16. The van der Waals surface area contributed by atoms with Crippen LogP contribution in [0.3, 0.4) is 0 Å². The maximum Gasteiger partial charge on any atom is 0.103 e. The maximum absolute atomic E-state index is 5.93. The molecule has 0 unspecified atom stereocenters. The fraction of sp³-hybridized carbons (Fsp3) is 0.231. The Labute approximate surface area is 94.0 Å². The zero-order chi connectivity index (χ0) is 11.0. The molecule has 1 aliphatic carbocycles. The molecule has 0 aliphatic heterocycles. The molecule has 1 aromatic carbocycles. The molecule has 0 bridgehead atoms. The Morgan fingerprint density at radius 3 is 2.94 bits per heavy atom. The number of amidine groups is 1. The quantitative estimate of drug-likeness (QED) is 0.613. The Hall–Kier alpha value is -1.90. The lowest BCUT2D eigenvalue weighted by Gasteiger charge is -2.02. The number of rotatable bonds is 2. The zero-order valence-electron chi connectivity index (χ0n) is 8.93. The lowest BCUT2D eigenvalue weighted by atomic mass is 10.2. The Bertz CT molecular complexity index is 551. The largest absolute Gasteiger partial charge is 0.387 e. The molecule has 2 N–H and O–H groups in total. The summed E-state index contributed by atoms with van der Waals surface area (Å²) in [5.74, 6) is 1.27. The Balaban J connectivity index is 2.12. The van der Waals surface area contributed by atoms with Gasteiger partial charge in [0.1, 0.15) is 5.84 Å². The first-order valence-corrected chi connectivity index (χ1v) is 5.52. The van der Waals surface area contributed by atoms with Crippen LogP contribution in [-0.4, -0.2) is 10.8 Å². The van der Waals surface area contributed by atoms with E-state index in [4.69, 9.17) is 5.73 Å². The van der Waals surface area contributed by atoms with Crippen molar-refractivity contribution in [3.8, 4) is 0 Å². The molecule has 16 heavy (non-hydrogen) atoms. The Morgan fingerprint density at radius 1 is 1.25 bits per heavy atom. The zero-order valence-corrected chi connectivity index (χ0v) is 8.93. The summed E-state index contributed by atoms with van der Waals surface area (Å²) >= 11 is 0. The van der Waals surface area contributed by atoms with Crippen LogP contribution < -0.4 is 5.73 Å². The topological polar surface area (TPSA) is 51.3 Å². The van der Waals surface area contributed by atoms with E-state index in [2.05, 4.69) is 9.98 Å². The highest BCUT2D eigenvalue weighted by molar-refractivity contribution is 5.95. The van der Waals surface area contributed by atoms with Crippen molar-refractivity contribution in [2.45, 2.75) is 12.8 Å². The average molecular weight is 211 g/mol. The monoisotopic (exact) mass is 211 g/mol. The molecule has 1 aliphatic rings. The predicted molar refractivity (Wildman–Crippen MR) is 65.7 cm³/mol. The smallest absolute Gasteiger partial charge is 0.103 e. The van der Waals surface area contributed by atoms with Crippen LogP contribution in [0, 0.1) is 5.92 Å². The second-order valence-electron chi connectivity index (χ2n) is 4.16. The number of benzene rings is 1. The highest BCUT2D eigenvalue weighted by Crippen LogP contribution is 2.31. The van der Waals surface area contributed by atoms with Crippen LogP contribution in [0.2, 0.25) is 0 Å². The molecular formula is C13H13N3. The van der Waals surface area contributed by atoms with Gasteiger partial charge in [0.05, 0.1) is 11.2 Å². The number of pyridine rings is 1. The van der Waals surface area contributed by atoms with Gasteiger partial charge < -0.3 is 5.73 Å². The van der Waals surface area contributed by atoms with E-state index >= 15 is 0 Å². The SMILES string of the molecule is NC(=Nc1cccc2ncccc12)C1CC1. The molecule has 3 heteroatoms. The molecule has 3 nitrogen and oxygen atoms in total. The summed E-state index contributed by atoms with van der Waals surface area (Å²) < 4.78 is 0. The van der Waals surface area contributed by atoms with Gasteiger partial charge in [0.15, 0.2) is 0 Å². The summed E-state index contributed by atoms with van der Waals surface area (Å²) in [5.41, 5.74) is 7.82. The molecule has 1 heterocycles. The van der Waals surface area contributed by atoms with Gasteiger partial charge >= 0.3 is 0 Å². The van der Waals surface area contributed by atoms with Crippen molar-refractivity contribution in [1.29, 1.82) is 0 Å². The highest BCUT2D eigenvalue weighted by atomic mass is 14.9. The van der Waals surface area contributed by atoms with Crippen LogP contribution >= 0.6 is 0 Å². The third-order valence-electron chi connectivity index (χ3n) is 2.87. The molecule has 1 saturated carbocycles. The van der Waals surface area contributed by atoms with Crippen molar-refractivity contribution in [1.82, 2.24) is 4.98 Å². The molecule has 0 radical (unpaired) electrons. The molecule has 0 saturated heterocycles. The Morgan fingerprint density at radius 2 is 2.12 bits per heavy atom. The van der Waals surface area contributed by atoms with Gasteiger partial charge in [0.2, 0.25) is 0 Å². The summed E-state index contributed by atoms with van der Waals surface area (Å²) in [6, 6.07) is 9.89. The van der Waals surface area contributed by atoms with Gasteiger partial charge in [0, 0.05) is 17.5 Å². The number of hydrogen-bond donors (Lipinski definition) is 1. The highest BCUT2D eigenvalue weighted by Gasteiger charge is 2.25. The van der Waals surface area contributed by atoms with Crippen molar-refractivity contribution < 1.29 is 0 Å². The maximum atomic E-state index is 5.93. The van der Waals surface area contributed by atoms with Gasteiger partial charge in [0.25, 0.3) is 0 Å². The van der Waals surface area contributed by atoms with Gasteiger partial charge in [-0.2, -0.15) is 0 Å². The lowest BCUT2D eigenvalue weighted by Crippen LogP contribution is -2.13. The van der Waals surface area contributed by atoms with Gasteiger partial charge in [-0.25, -0.2) is 4.99 Å².